The maximum atomic E-state index is 12.8. The molecule has 0 heterocycles. The van der Waals surface area contributed by atoms with E-state index in [9.17, 15) is 14.4 Å². The zero-order valence-electron chi connectivity index (χ0n) is 41.4. The summed E-state index contributed by atoms with van der Waals surface area (Å²) in [4.78, 5) is 38.0. The highest BCUT2D eigenvalue weighted by atomic mass is 16.6. The van der Waals surface area contributed by atoms with E-state index in [0.717, 1.165) is 64.2 Å². The van der Waals surface area contributed by atoms with Crippen molar-refractivity contribution in [1.82, 2.24) is 0 Å². The van der Waals surface area contributed by atoms with Crippen molar-refractivity contribution in [1.29, 1.82) is 0 Å². The molecule has 0 spiro atoms. The lowest BCUT2D eigenvalue weighted by molar-refractivity contribution is -0.167. The van der Waals surface area contributed by atoms with Crippen molar-refractivity contribution >= 4 is 17.9 Å². The predicted octanol–water partition coefficient (Wildman–Crippen LogP) is 17.7. The van der Waals surface area contributed by atoms with E-state index in [-0.39, 0.29) is 37.5 Å². The first-order valence-corrected chi connectivity index (χ1v) is 27.0. The SMILES string of the molecule is CCCCC/C=C\C/C=C\C/C=C\CCCCC(=O)O[C@H](COC(=O)CCCCCCCCCCCCCCC)COC(=O)CCCCCCCCCCCCCCCCCC. The molecule has 0 N–H and O–H groups in total. The van der Waals surface area contributed by atoms with Crippen LogP contribution in [-0.2, 0) is 28.6 Å². The molecule has 0 fully saturated rings. The summed E-state index contributed by atoms with van der Waals surface area (Å²) in [5.41, 5.74) is 0. The van der Waals surface area contributed by atoms with Gasteiger partial charge >= 0.3 is 17.9 Å². The number of hydrogen-bond donors (Lipinski definition) is 0. The molecular weight excluding hydrogens is 769 g/mol. The molecular formula is C56H102O6. The summed E-state index contributed by atoms with van der Waals surface area (Å²) in [5.74, 6) is -0.907. The predicted molar refractivity (Wildman–Crippen MR) is 266 cm³/mol. The fourth-order valence-corrected chi connectivity index (χ4v) is 7.80. The topological polar surface area (TPSA) is 78.9 Å². The lowest BCUT2D eigenvalue weighted by atomic mass is 10.0. The zero-order valence-corrected chi connectivity index (χ0v) is 41.4. The normalized spacial score (nSPS) is 12.2. The van der Waals surface area contributed by atoms with Gasteiger partial charge in [0.1, 0.15) is 13.2 Å². The molecule has 0 aliphatic rings. The first-order valence-electron chi connectivity index (χ1n) is 27.0. The summed E-state index contributed by atoms with van der Waals surface area (Å²) in [7, 11) is 0. The minimum atomic E-state index is -0.786. The Morgan fingerprint density at radius 2 is 0.581 bits per heavy atom. The van der Waals surface area contributed by atoms with E-state index in [1.807, 2.05) is 0 Å². The summed E-state index contributed by atoms with van der Waals surface area (Å²) in [5, 5.41) is 0. The Balaban J connectivity index is 4.39. The number of hydrogen-bond acceptors (Lipinski definition) is 6. The second kappa shape index (κ2) is 51.3. The summed E-state index contributed by atoms with van der Waals surface area (Å²) in [6, 6.07) is 0. The maximum absolute atomic E-state index is 12.8. The maximum Gasteiger partial charge on any atom is 0.306 e. The molecule has 0 bridgehead atoms. The first kappa shape index (κ1) is 59.6. The first-order chi connectivity index (χ1) is 30.5. The third-order valence-corrected chi connectivity index (χ3v) is 11.9. The van der Waals surface area contributed by atoms with Crippen molar-refractivity contribution in [2.24, 2.45) is 0 Å². The van der Waals surface area contributed by atoms with Crippen LogP contribution in [0, 0.1) is 0 Å². The van der Waals surface area contributed by atoms with Crippen molar-refractivity contribution in [2.45, 2.75) is 290 Å². The number of unbranched alkanes of at least 4 members (excludes halogenated alkanes) is 32. The summed E-state index contributed by atoms with van der Waals surface area (Å²) in [6.07, 6.45) is 59.8. The van der Waals surface area contributed by atoms with Crippen LogP contribution in [-0.4, -0.2) is 37.2 Å². The van der Waals surface area contributed by atoms with E-state index >= 15 is 0 Å². The molecule has 0 saturated carbocycles. The zero-order chi connectivity index (χ0) is 45.1. The van der Waals surface area contributed by atoms with Gasteiger partial charge in [0.15, 0.2) is 6.10 Å². The summed E-state index contributed by atoms with van der Waals surface area (Å²) >= 11 is 0. The molecule has 0 saturated heterocycles. The number of carbonyl (C=O) groups is 3. The molecule has 0 aliphatic heterocycles. The molecule has 0 aliphatic carbocycles. The minimum Gasteiger partial charge on any atom is -0.462 e. The highest BCUT2D eigenvalue weighted by molar-refractivity contribution is 5.71. The Kier molecular flexibility index (Phi) is 49.3. The Morgan fingerprint density at radius 1 is 0.323 bits per heavy atom. The fourth-order valence-electron chi connectivity index (χ4n) is 7.80. The molecule has 0 aromatic carbocycles. The van der Waals surface area contributed by atoms with Crippen molar-refractivity contribution in [3.63, 3.8) is 0 Å². The van der Waals surface area contributed by atoms with Crippen molar-refractivity contribution in [2.75, 3.05) is 13.2 Å². The van der Waals surface area contributed by atoms with Gasteiger partial charge in [-0.2, -0.15) is 0 Å². The Hall–Kier alpha value is -2.37. The molecule has 0 rings (SSSR count). The van der Waals surface area contributed by atoms with Crippen molar-refractivity contribution < 1.29 is 28.6 Å². The molecule has 62 heavy (non-hydrogen) atoms. The Labute approximate surface area is 385 Å². The molecule has 0 aromatic rings. The third kappa shape index (κ3) is 48.7. The quantitative estimate of drug-likeness (QED) is 0.0262. The van der Waals surface area contributed by atoms with Gasteiger partial charge in [-0.3, -0.25) is 14.4 Å². The lowest BCUT2D eigenvalue weighted by Gasteiger charge is -2.18. The second-order valence-corrected chi connectivity index (χ2v) is 18.2. The van der Waals surface area contributed by atoms with Gasteiger partial charge in [0, 0.05) is 19.3 Å². The summed E-state index contributed by atoms with van der Waals surface area (Å²) in [6.45, 7) is 6.61. The van der Waals surface area contributed by atoms with E-state index in [2.05, 4.69) is 57.2 Å². The van der Waals surface area contributed by atoms with E-state index < -0.39 is 6.10 Å². The van der Waals surface area contributed by atoms with Crippen LogP contribution in [0.2, 0.25) is 0 Å². The van der Waals surface area contributed by atoms with Gasteiger partial charge < -0.3 is 14.2 Å². The number of carbonyl (C=O) groups excluding carboxylic acids is 3. The van der Waals surface area contributed by atoms with Gasteiger partial charge in [-0.15, -0.1) is 0 Å². The largest absolute Gasteiger partial charge is 0.462 e. The smallest absolute Gasteiger partial charge is 0.306 e. The molecule has 0 unspecified atom stereocenters. The van der Waals surface area contributed by atoms with Crippen LogP contribution < -0.4 is 0 Å². The minimum absolute atomic E-state index is 0.0830. The van der Waals surface area contributed by atoms with Crippen LogP contribution >= 0.6 is 0 Å². The highest BCUT2D eigenvalue weighted by Crippen LogP contribution is 2.16. The Morgan fingerprint density at radius 3 is 0.935 bits per heavy atom. The number of rotatable bonds is 49. The van der Waals surface area contributed by atoms with Gasteiger partial charge in [-0.1, -0.05) is 243 Å². The van der Waals surface area contributed by atoms with Crippen molar-refractivity contribution in [3.05, 3.63) is 36.5 Å². The molecule has 1 atom stereocenters. The average Bonchev–Trinajstić information content (AvgIpc) is 3.27. The highest BCUT2D eigenvalue weighted by Gasteiger charge is 2.19. The van der Waals surface area contributed by atoms with Crippen molar-refractivity contribution in [3.8, 4) is 0 Å². The van der Waals surface area contributed by atoms with Crippen LogP contribution in [0.4, 0.5) is 0 Å². The molecule has 362 valence electrons. The lowest BCUT2D eigenvalue weighted by Crippen LogP contribution is -2.30. The monoisotopic (exact) mass is 871 g/mol. The van der Waals surface area contributed by atoms with E-state index in [1.54, 1.807) is 0 Å². The van der Waals surface area contributed by atoms with Crippen LogP contribution in [0.3, 0.4) is 0 Å². The fraction of sp³-hybridized carbons (Fsp3) is 0.839. The van der Waals surface area contributed by atoms with Crippen LogP contribution in [0.1, 0.15) is 284 Å². The van der Waals surface area contributed by atoms with E-state index in [4.69, 9.17) is 14.2 Å². The number of esters is 3. The van der Waals surface area contributed by atoms with Crippen LogP contribution in [0.25, 0.3) is 0 Å². The molecule has 0 amide bonds. The summed E-state index contributed by atoms with van der Waals surface area (Å²) < 4.78 is 16.8. The van der Waals surface area contributed by atoms with Gasteiger partial charge in [0.05, 0.1) is 0 Å². The van der Waals surface area contributed by atoms with Gasteiger partial charge in [0.2, 0.25) is 0 Å². The van der Waals surface area contributed by atoms with Crippen LogP contribution in [0.15, 0.2) is 36.5 Å². The molecule has 0 aromatic heterocycles. The van der Waals surface area contributed by atoms with E-state index in [0.29, 0.717) is 19.3 Å². The van der Waals surface area contributed by atoms with Gasteiger partial charge in [-0.05, 0) is 57.8 Å². The van der Waals surface area contributed by atoms with Crippen LogP contribution in [0.5, 0.6) is 0 Å². The molecule has 6 heteroatoms. The van der Waals surface area contributed by atoms with E-state index in [1.165, 1.54) is 173 Å². The second-order valence-electron chi connectivity index (χ2n) is 18.2. The average molecular weight is 871 g/mol. The molecule has 0 radical (unpaired) electrons. The number of ether oxygens (including phenoxy) is 3. The van der Waals surface area contributed by atoms with Gasteiger partial charge in [-0.25, -0.2) is 0 Å². The third-order valence-electron chi connectivity index (χ3n) is 11.9. The molecule has 6 nitrogen and oxygen atoms in total. The standard InChI is InChI=1S/C56H102O6/c1-4-7-10-13-16-19-22-25-27-29-31-34-37-40-43-46-49-55(58)61-52-53(51-60-54(57)48-45-42-39-36-33-30-24-21-18-15-12-9-6-3)62-56(59)50-47-44-41-38-35-32-28-26-23-20-17-14-11-8-5-2/h17,20,26,28,35,38,53H,4-16,18-19,21-25,27,29-34,36-37,39-52H2,1-3H3/b20-17-,28-26-,38-35-/t53-/m1/s1. The van der Waals surface area contributed by atoms with Gasteiger partial charge in [0.25, 0.3) is 0 Å². The Bertz CT molecular complexity index is 1050. The number of allylic oxidation sites excluding steroid dienone is 6.